The largest absolute Gasteiger partial charge is 0.468 e. The molecule has 68 valence electrons. The predicted molar refractivity (Wildman–Crippen MR) is 45.3 cm³/mol. The van der Waals surface area contributed by atoms with Gasteiger partial charge in [0.15, 0.2) is 11.1 Å². The molecule has 0 aliphatic heterocycles. The quantitative estimate of drug-likeness (QED) is 0.635. The lowest BCUT2D eigenvalue weighted by Gasteiger charge is -1.95. The van der Waals surface area contributed by atoms with Crippen molar-refractivity contribution < 1.29 is 4.74 Å². The highest BCUT2D eigenvalue weighted by Gasteiger charge is 2.05. The number of aryl methyl sites for hydroxylation is 1. The second-order valence-corrected chi connectivity index (χ2v) is 2.65. The fourth-order valence-electron chi connectivity index (χ4n) is 1.12. The maximum absolute atomic E-state index is 7.50. The Morgan fingerprint density at radius 1 is 1.62 bits per heavy atom. The van der Waals surface area contributed by atoms with Crippen LogP contribution in [0.5, 0.6) is 6.01 Å². The normalized spacial score (nSPS) is 10.6. The third kappa shape index (κ3) is 1.07. The highest BCUT2D eigenvalue weighted by molar-refractivity contribution is 5.69. The molecule has 0 bridgehead atoms. The van der Waals surface area contributed by atoms with Crippen molar-refractivity contribution >= 4 is 11.2 Å². The number of nitrogens with one attached hydrogen (secondary N) is 2. The molecule has 0 atom stereocenters. The van der Waals surface area contributed by atoms with E-state index in [1.165, 1.54) is 7.11 Å². The minimum absolute atomic E-state index is 0.170. The Labute approximate surface area is 73.7 Å². The van der Waals surface area contributed by atoms with Gasteiger partial charge in [0.05, 0.1) is 13.4 Å². The molecule has 0 radical (unpaired) electrons. The van der Waals surface area contributed by atoms with E-state index in [4.69, 9.17) is 10.1 Å². The number of aromatic amines is 1. The number of hydrogen-bond donors (Lipinski definition) is 2. The fraction of sp³-hybridized carbons (Fsp3) is 0.286. The summed E-state index contributed by atoms with van der Waals surface area (Å²) in [7, 11) is 3.34. The van der Waals surface area contributed by atoms with Crippen molar-refractivity contribution in [2.24, 2.45) is 7.05 Å². The molecule has 0 amide bonds. The summed E-state index contributed by atoms with van der Waals surface area (Å²) in [6.07, 6.45) is 1.55. The van der Waals surface area contributed by atoms with Crippen LogP contribution >= 0.6 is 0 Å². The van der Waals surface area contributed by atoms with E-state index in [1.54, 1.807) is 10.9 Å². The summed E-state index contributed by atoms with van der Waals surface area (Å²) in [6, 6.07) is 0.395. The second kappa shape index (κ2) is 2.58. The number of rotatable bonds is 1. The van der Waals surface area contributed by atoms with Crippen LogP contribution in [-0.4, -0.2) is 26.6 Å². The molecule has 6 nitrogen and oxygen atoms in total. The van der Waals surface area contributed by atoms with E-state index in [0.29, 0.717) is 17.2 Å². The summed E-state index contributed by atoms with van der Waals surface area (Å²) in [5.41, 5.74) is 1.42. The zero-order valence-corrected chi connectivity index (χ0v) is 7.33. The van der Waals surface area contributed by atoms with Crippen molar-refractivity contribution in [1.82, 2.24) is 19.5 Å². The molecule has 2 rings (SSSR count). The highest BCUT2D eigenvalue weighted by Crippen LogP contribution is 2.09. The Morgan fingerprint density at radius 2 is 2.38 bits per heavy atom. The lowest BCUT2D eigenvalue weighted by molar-refractivity contribution is 0.385. The molecule has 2 aromatic heterocycles. The smallest absolute Gasteiger partial charge is 0.295 e. The van der Waals surface area contributed by atoms with E-state index in [1.807, 2.05) is 7.05 Å². The van der Waals surface area contributed by atoms with Gasteiger partial charge in [-0.3, -0.25) is 5.41 Å². The molecule has 2 N–H and O–H groups in total. The molecule has 0 saturated carbocycles. The topological polar surface area (TPSA) is 79.6 Å². The lowest BCUT2D eigenvalue weighted by Crippen LogP contribution is -2.10. The molecule has 0 saturated heterocycles. The number of H-pyrrole nitrogens is 1. The van der Waals surface area contributed by atoms with E-state index < -0.39 is 0 Å². The van der Waals surface area contributed by atoms with Crippen LogP contribution in [0, 0.1) is 5.41 Å². The first-order valence-electron chi connectivity index (χ1n) is 3.72. The average Bonchev–Trinajstić information content (AvgIpc) is 2.56. The first-order chi connectivity index (χ1) is 6.22. The van der Waals surface area contributed by atoms with Gasteiger partial charge in [-0.1, -0.05) is 0 Å². The molecule has 0 fully saturated rings. The minimum Gasteiger partial charge on any atom is -0.468 e. The lowest BCUT2D eigenvalue weighted by atomic mass is 10.5. The zero-order valence-electron chi connectivity index (χ0n) is 7.33. The summed E-state index contributed by atoms with van der Waals surface area (Å²) in [5, 5.41) is 7.50. The van der Waals surface area contributed by atoms with Gasteiger partial charge in [-0.2, -0.15) is 4.98 Å². The second-order valence-electron chi connectivity index (χ2n) is 2.65. The van der Waals surface area contributed by atoms with E-state index in [-0.39, 0.29) is 5.49 Å². The van der Waals surface area contributed by atoms with E-state index in [2.05, 4.69) is 15.0 Å². The third-order valence-electron chi connectivity index (χ3n) is 1.79. The molecule has 0 aliphatic carbocycles. The van der Waals surface area contributed by atoms with Gasteiger partial charge in [-0.25, -0.2) is 4.98 Å². The van der Waals surface area contributed by atoms with Crippen LogP contribution in [0.4, 0.5) is 0 Å². The van der Waals surface area contributed by atoms with Gasteiger partial charge in [0.2, 0.25) is 0 Å². The van der Waals surface area contributed by atoms with Gasteiger partial charge in [0.1, 0.15) is 5.52 Å². The minimum atomic E-state index is 0.170. The van der Waals surface area contributed by atoms with E-state index >= 15 is 0 Å². The van der Waals surface area contributed by atoms with Crippen LogP contribution in [0.3, 0.4) is 0 Å². The molecule has 0 spiro atoms. The van der Waals surface area contributed by atoms with Gasteiger partial charge < -0.3 is 14.3 Å². The van der Waals surface area contributed by atoms with Gasteiger partial charge in [-0.15, -0.1) is 0 Å². The van der Waals surface area contributed by atoms with Crippen LogP contribution in [0.15, 0.2) is 6.33 Å². The molecule has 0 aromatic carbocycles. The Morgan fingerprint density at radius 3 is 3.00 bits per heavy atom. The fourth-order valence-corrected chi connectivity index (χ4v) is 1.12. The molecule has 0 aliphatic rings. The number of ether oxygens (including phenoxy) is 1. The monoisotopic (exact) mass is 179 g/mol. The summed E-state index contributed by atoms with van der Waals surface area (Å²) >= 11 is 0. The standard InChI is InChI=1S/C7H9N5O/c1-12-3-9-5(8)4-6(12)11-7(10-4)13-2/h3,8H,1-2H3,(H,10,11). The Kier molecular flexibility index (Phi) is 1.54. The van der Waals surface area contributed by atoms with Crippen molar-refractivity contribution in [2.45, 2.75) is 0 Å². The van der Waals surface area contributed by atoms with Crippen LogP contribution in [-0.2, 0) is 7.05 Å². The zero-order chi connectivity index (χ0) is 9.42. The number of fused-ring (bicyclic) bond motifs is 1. The van der Waals surface area contributed by atoms with Gasteiger partial charge in [-0.05, 0) is 0 Å². The molecule has 6 heteroatoms. The Bertz CT molecular complexity index is 497. The number of aromatic nitrogens is 4. The van der Waals surface area contributed by atoms with Crippen molar-refractivity contribution in [1.29, 1.82) is 5.41 Å². The maximum Gasteiger partial charge on any atom is 0.295 e. The van der Waals surface area contributed by atoms with Crippen LogP contribution in [0.25, 0.3) is 11.2 Å². The molecule has 2 aromatic rings. The maximum atomic E-state index is 7.50. The van der Waals surface area contributed by atoms with E-state index in [9.17, 15) is 0 Å². The van der Waals surface area contributed by atoms with E-state index in [0.717, 1.165) is 0 Å². The molecule has 2 heterocycles. The van der Waals surface area contributed by atoms with Gasteiger partial charge in [0, 0.05) is 7.05 Å². The molecule has 0 unspecified atom stereocenters. The number of methoxy groups -OCH3 is 1. The molecular formula is C7H9N5O. The third-order valence-corrected chi connectivity index (χ3v) is 1.79. The van der Waals surface area contributed by atoms with Gasteiger partial charge >= 0.3 is 0 Å². The van der Waals surface area contributed by atoms with Crippen molar-refractivity contribution in [3.05, 3.63) is 11.8 Å². The SMILES string of the molecule is COc1nc2c([nH]1)c(=N)ncn2C. The highest BCUT2D eigenvalue weighted by atomic mass is 16.5. The predicted octanol–water partition coefficient (Wildman–Crippen LogP) is -0.216. The number of imidazole rings is 1. The van der Waals surface area contributed by atoms with Crippen LogP contribution in [0.2, 0.25) is 0 Å². The average molecular weight is 179 g/mol. The van der Waals surface area contributed by atoms with Crippen molar-refractivity contribution in [2.75, 3.05) is 7.11 Å². The number of nitrogens with zero attached hydrogens (tertiary/aromatic N) is 3. The summed E-state index contributed by atoms with van der Waals surface area (Å²) in [6.45, 7) is 0. The summed E-state index contributed by atoms with van der Waals surface area (Å²) in [4.78, 5) is 10.8. The van der Waals surface area contributed by atoms with Gasteiger partial charge in [0.25, 0.3) is 6.01 Å². The van der Waals surface area contributed by atoms with Crippen LogP contribution in [0.1, 0.15) is 0 Å². The Balaban J connectivity index is 2.88. The summed E-state index contributed by atoms with van der Waals surface area (Å²) < 4.78 is 6.65. The first-order valence-corrected chi connectivity index (χ1v) is 3.72. The molecule has 13 heavy (non-hydrogen) atoms. The van der Waals surface area contributed by atoms with Crippen molar-refractivity contribution in [3.63, 3.8) is 0 Å². The van der Waals surface area contributed by atoms with Crippen LogP contribution < -0.4 is 10.2 Å². The summed E-state index contributed by atoms with van der Waals surface area (Å²) in [5.74, 6) is 0. The number of hydrogen-bond acceptors (Lipinski definition) is 4. The first kappa shape index (κ1) is 7.78. The Hall–Kier alpha value is -1.85. The van der Waals surface area contributed by atoms with Crippen molar-refractivity contribution in [3.8, 4) is 6.01 Å². The molecular weight excluding hydrogens is 170 g/mol.